The summed E-state index contributed by atoms with van der Waals surface area (Å²) < 4.78 is 5.37. The highest BCUT2D eigenvalue weighted by Crippen LogP contribution is 2.23. The average molecular weight is 198 g/mol. The van der Waals surface area contributed by atoms with Crippen molar-refractivity contribution in [3.63, 3.8) is 0 Å². The predicted octanol–water partition coefficient (Wildman–Crippen LogP) is 0.836. The van der Waals surface area contributed by atoms with Gasteiger partial charge in [0.25, 0.3) is 0 Å². The Hall–Kier alpha value is -0.120. The van der Waals surface area contributed by atoms with E-state index < -0.39 is 0 Å². The van der Waals surface area contributed by atoms with Crippen LogP contribution in [0.25, 0.3) is 0 Å². The Morgan fingerprint density at radius 3 is 3.00 bits per heavy atom. The van der Waals surface area contributed by atoms with Crippen LogP contribution in [0.2, 0.25) is 0 Å². The molecule has 0 saturated carbocycles. The fraction of sp³-hybridized carbons (Fsp3) is 1.00. The van der Waals surface area contributed by atoms with Gasteiger partial charge in [0, 0.05) is 19.7 Å². The van der Waals surface area contributed by atoms with Gasteiger partial charge in [0.15, 0.2) is 0 Å². The smallest absolute Gasteiger partial charge is 0.0659 e. The zero-order valence-electron chi connectivity index (χ0n) is 9.17. The third-order valence-electron chi connectivity index (χ3n) is 3.62. The molecule has 2 saturated heterocycles. The third-order valence-corrected chi connectivity index (χ3v) is 3.62. The van der Waals surface area contributed by atoms with Crippen LogP contribution in [0.15, 0.2) is 0 Å². The van der Waals surface area contributed by atoms with Crippen molar-refractivity contribution >= 4 is 0 Å². The Kier molecular flexibility index (Phi) is 3.10. The maximum absolute atomic E-state index is 6.26. The summed E-state index contributed by atoms with van der Waals surface area (Å²) in [5.74, 6) is 0.904. The zero-order valence-corrected chi connectivity index (χ0v) is 9.17. The monoisotopic (exact) mass is 198 g/mol. The average Bonchev–Trinajstić information content (AvgIpc) is 2.75. The van der Waals surface area contributed by atoms with E-state index in [2.05, 4.69) is 11.8 Å². The van der Waals surface area contributed by atoms with E-state index in [1.807, 2.05) is 0 Å². The van der Waals surface area contributed by atoms with E-state index in [4.69, 9.17) is 10.5 Å². The Bertz CT molecular complexity index is 190. The lowest BCUT2D eigenvalue weighted by atomic mass is 10.00. The van der Waals surface area contributed by atoms with Gasteiger partial charge < -0.3 is 15.4 Å². The highest BCUT2D eigenvalue weighted by atomic mass is 16.5. The summed E-state index contributed by atoms with van der Waals surface area (Å²) >= 11 is 0. The third kappa shape index (κ3) is 2.27. The molecule has 2 unspecified atom stereocenters. The molecular formula is C11H22N2O. The molecule has 0 aromatic heterocycles. The van der Waals surface area contributed by atoms with Crippen molar-refractivity contribution < 1.29 is 4.74 Å². The molecule has 2 atom stereocenters. The molecule has 2 aliphatic rings. The summed E-state index contributed by atoms with van der Waals surface area (Å²) in [6.07, 6.45) is 3.69. The Morgan fingerprint density at radius 1 is 1.57 bits per heavy atom. The van der Waals surface area contributed by atoms with Crippen LogP contribution in [0, 0.1) is 5.92 Å². The van der Waals surface area contributed by atoms with Crippen LogP contribution in [0.1, 0.15) is 26.2 Å². The molecule has 0 aromatic carbocycles. The maximum Gasteiger partial charge on any atom is 0.0659 e. The van der Waals surface area contributed by atoms with Crippen LogP contribution in [0.4, 0.5) is 0 Å². The SMILES string of the molecule is CCC1CCN(CC2(N)CCOC2)C1. The molecule has 2 fully saturated rings. The summed E-state index contributed by atoms with van der Waals surface area (Å²) in [6.45, 7) is 7.39. The number of nitrogens with zero attached hydrogens (tertiary/aromatic N) is 1. The summed E-state index contributed by atoms with van der Waals surface area (Å²) in [5, 5.41) is 0. The highest BCUT2D eigenvalue weighted by molar-refractivity contribution is 4.92. The Balaban J connectivity index is 1.80. The summed E-state index contributed by atoms with van der Waals surface area (Å²) in [5.41, 5.74) is 6.21. The standard InChI is InChI=1S/C11H22N2O/c1-2-10-3-5-13(7-10)8-11(12)4-6-14-9-11/h10H,2-9,12H2,1H3. The van der Waals surface area contributed by atoms with Crippen LogP contribution in [-0.4, -0.2) is 43.3 Å². The molecular weight excluding hydrogens is 176 g/mol. The molecule has 82 valence electrons. The molecule has 3 nitrogen and oxygen atoms in total. The van der Waals surface area contributed by atoms with E-state index in [1.54, 1.807) is 0 Å². The van der Waals surface area contributed by atoms with E-state index in [-0.39, 0.29) is 5.54 Å². The quantitative estimate of drug-likeness (QED) is 0.730. The lowest BCUT2D eigenvalue weighted by molar-refractivity contribution is 0.160. The first-order valence-electron chi connectivity index (χ1n) is 5.81. The molecule has 2 aliphatic heterocycles. The molecule has 3 heteroatoms. The van der Waals surface area contributed by atoms with Gasteiger partial charge in [-0.1, -0.05) is 13.3 Å². The van der Waals surface area contributed by atoms with Crippen LogP contribution >= 0.6 is 0 Å². The lowest BCUT2D eigenvalue weighted by Crippen LogP contribution is -2.50. The van der Waals surface area contributed by atoms with Crippen molar-refractivity contribution in [3.8, 4) is 0 Å². The minimum absolute atomic E-state index is 0.0529. The summed E-state index contributed by atoms with van der Waals surface area (Å²) in [6, 6.07) is 0. The fourth-order valence-corrected chi connectivity index (χ4v) is 2.58. The van der Waals surface area contributed by atoms with E-state index in [0.717, 1.165) is 32.1 Å². The van der Waals surface area contributed by atoms with Crippen molar-refractivity contribution in [3.05, 3.63) is 0 Å². The zero-order chi connectivity index (χ0) is 10.0. The first-order chi connectivity index (χ1) is 6.72. The molecule has 0 bridgehead atoms. The lowest BCUT2D eigenvalue weighted by Gasteiger charge is -2.28. The second kappa shape index (κ2) is 4.17. The molecule has 14 heavy (non-hydrogen) atoms. The normalized spacial score (nSPS) is 39.4. The van der Waals surface area contributed by atoms with Gasteiger partial charge in [-0.25, -0.2) is 0 Å². The largest absolute Gasteiger partial charge is 0.379 e. The molecule has 0 radical (unpaired) electrons. The van der Waals surface area contributed by atoms with Crippen molar-refractivity contribution in [2.75, 3.05) is 32.8 Å². The Labute approximate surface area is 86.6 Å². The van der Waals surface area contributed by atoms with Gasteiger partial charge in [-0.2, -0.15) is 0 Å². The van der Waals surface area contributed by atoms with E-state index in [9.17, 15) is 0 Å². The molecule has 2 N–H and O–H groups in total. The van der Waals surface area contributed by atoms with Gasteiger partial charge in [-0.15, -0.1) is 0 Å². The van der Waals surface area contributed by atoms with Gasteiger partial charge in [0.2, 0.25) is 0 Å². The minimum atomic E-state index is -0.0529. The molecule has 0 spiro atoms. The number of hydrogen-bond donors (Lipinski definition) is 1. The van der Waals surface area contributed by atoms with Crippen LogP contribution in [0.3, 0.4) is 0 Å². The van der Waals surface area contributed by atoms with Crippen molar-refractivity contribution in [1.82, 2.24) is 4.90 Å². The number of ether oxygens (including phenoxy) is 1. The molecule has 2 heterocycles. The van der Waals surface area contributed by atoms with Crippen LogP contribution < -0.4 is 5.73 Å². The van der Waals surface area contributed by atoms with E-state index >= 15 is 0 Å². The summed E-state index contributed by atoms with van der Waals surface area (Å²) in [4.78, 5) is 2.52. The number of rotatable bonds is 3. The number of hydrogen-bond acceptors (Lipinski definition) is 3. The highest BCUT2D eigenvalue weighted by Gasteiger charge is 2.34. The molecule has 0 aliphatic carbocycles. The van der Waals surface area contributed by atoms with Crippen molar-refractivity contribution in [2.45, 2.75) is 31.7 Å². The first kappa shape index (κ1) is 10.4. The van der Waals surface area contributed by atoms with Gasteiger partial charge in [-0.05, 0) is 25.3 Å². The topological polar surface area (TPSA) is 38.5 Å². The van der Waals surface area contributed by atoms with Gasteiger partial charge in [-0.3, -0.25) is 0 Å². The van der Waals surface area contributed by atoms with Gasteiger partial charge in [0.05, 0.1) is 12.1 Å². The molecule has 2 rings (SSSR count). The summed E-state index contributed by atoms with van der Waals surface area (Å²) in [7, 11) is 0. The van der Waals surface area contributed by atoms with Crippen molar-refractivity contribution in [1.29, 1.82) is 0 Å². The molecule has 0 aromatic rings. The van der Waals surface area contributed by atoms with Crippen LogP contribution in [0.5, 0.6) is 0 Å². The van der Waals surface area contributed by atoms with Gasteiger partial charge >= 0.3 is 0 Å². The second-order valence-corrected chi connectivity index (χ2v) is 4.96. The van der Waals surface area contributed by atoms with Crippen molar-refractivity contribution in [2.24, 2.45) is 11.7 Å². The first-order valence-corrected chi connectivity index (χ1v) is 5.81. The van der Waals surface area contributed by atoms with Gasteiger partial charge in [0.1, 0.15) is 0 Å². The maximum atomic E-state index is 6.26. The predicted molar refractivity (Wildman–Crippen MR) is 57.2 cm³/mol. The van der Waals surface area contributed by atoms with Crippen LogP contribution in [-0.2, 0) is 4.74 Å². The van der Waals surface area contributed by atoms with E-state index in [1.165, 1.54) is 25.9 Å². The van der Waals surface area contributed by atoms with E-state index in [0.29, 0.717) is 0 Å². The fourth-order valence-electron chi connectivity index (χ4n) is 2.58. The number of nitrogens with two attached hydrogens (primary N) is 1. The minimum Gasteiger partial charge on any atom is -0.379 e. The molecule has 0 amide bonds. The Morgan fingerprint density at radius 2 is 2.43 bits per heavy atom. The second-order valence-electron chi connectivity index (χ2n) is 4.96. The number of likely N-dealkylation sites (tertiary alicyclic amines) is 1.